The maximum Gasteiger partial charge on any atom is 0.220 e. The first-order chi connectivity index (χ1) is 8.08. The highest BCUT2D eigenvalue weighted by Gasteiger charge is 2.17. The summed E-state index contributed by atoms with van der Waals surface area (Å²) in [5.74, 6) is 0.176. The van der Waals surface area contributed by atoms with Gasteiger partial charge in [-0.05, 0) is 31.9 Å². The molecule has 0 radical (unpaired) electrons. The summed E-state index contributed by atoms with van der Waals surface area (Å²) in [5, 5.41) is 6.40. The Kier molecular flexibility index (Phi) is 3.52. The summed E-state index contributed by atoms with van der Waals surface area (Å²) in [6.07, 6.45) is 1.58. The molecule has 1 aliphatic heterocycles. The molecule has 0 aromatic carbocycles. The second kappa shape index (κ2) is 4.92. The number of piperidine rings is 1. The second-order valence-electron chi connectivity index (χ2n) is 4.88. The molecular formula is C13H21N3O. The lowest BCUT2D eigenvalue weighted by molar-refractivity contribution is -0.122. The monoisotopic (exact) mass is 235 g/mol. The summed E-state index contributed by atoms with van der Waals surface area (Å²) >= 11 is 0. The number of hydrogen-bond donors (Lipinski definition) is 2. The molecular weight excluding hydrogens is 214 g/mol. The summed E-state index contributed by atoms with van der Waals surface area (Å²) in [6.45, 7) is 5.90. The number of carbonyl (C=O) groups is 1. The minimum Gasteiger partial charge on any atom is -0.355 e. The van der Waals surface area contributed by atoms with Gasteiger partial charge in [-0.15, -0.1) is 0 Å². The molecule has 1 saturated heterocycles. The largest absolute Gasteiger partial charge is 0.355 e. The lowest BCUT2D eigenvalue weighted by Crippen LogP contribution is -2.45. The Hall–Kier alpha value is -1.29. The fraction of sp³-hybridized carbons (Fsp3) is 0.615. The molecule has 1 fully saturated rings. The predicted molar refractivity (Wildman–Crippen MR) is 67.8 cm³/mol. The molecule has 1 aromatic heterocycles. The average Bonchev–Trinajstić information content (AvgIpc) is 2.56. The lowest BCUT2D eigenvalue weighted by Gasteiger charge is -2.23. The summed E-state index contributed by atoms with van der Waals surface area (Å²) in [6, 6.07) is 2.64. The van der Waals surface area contributed by atoms with Crippen molar-refractivity contribution in [3.8, 4) is 0 Å². The van der Waals surface area contributed by atoms with Crippen molar-refractivity contribution in [3.63, 3.8) is 0 Å². The van der Waals surface area contributed by atoms with Crippen molar-refractivity contribution in [2.24, 2.45) is 7.05 Å². The quantitative estimate of drug-likeness (QED) is 0.821. The fourth-order valence-electron chi connectivity index (χ4n) is 2.27. The van der Waals surface area contributed by atoms with E-state index >= 15 is 0 Å². The van der Waals surface area contributed by atoms with Crippen molar-refractivity contribution >= 4 is 5.91 Å². The standard InChI is InChI=1S/C13H21N3O/c1-9-6-11(10(2)16(9)3)7-14-12-4-5-13(17)15-8-12/h6,12,14H,4-5,7-8H2,1-3H3,(H,15,17). The molecule has 17 heavy (non-hydrogen) atoms. The number of aromatic nitrogens is 1. The third-order valence-corrected chi connectivity index (χ3v) is 3.73. The van der Waals surface area contributed by atoms with Gasteiger partial charge in [0, 0.05) is 44.0 Å². The molecule has 1 aliphatic rings. The maximum absolute atomic E-state index is 11.0. The van der Waals surface area contributed by atoms with Gasteiger partial charge in [0.15, 0.2) is 0 Å². The van der Waals surface area contributed by atoms with E-state index in [0.717, 1.165) is 19.5 Å². The highest BCUT2D eigenvalue weighted by Crippen LogP contribution is 2.13. The molecule has 0 aliphatic carbocycles. The van der Waals surface area contributed by atoms with Crippen LogP contribution in [0.4, 0.5) is 0 Å². The van der Waals surface area contributed by atoms with Crippen molar-refractivity contribution < 1.29 is 4.79 Å². The maximum atomic E-state index is 11.0. The molecule has 1 aromatic rings. The van der Waals surface area contributed by atoms with Gasteiger partial charge in [-0.1, -0.05) is 0 Å². The zero-order chi connectivity index (χ0) is 12.4. The molecule has 1 unspecified atom stereocenters. The van der Waals surface area contributed by atoms with Crippen molar-refractivity contribution in [1.29, 1.82) is 0 Å². The van der Waals surface area contributed by atoms with Crippen LogP contribution in [-0.2, 0) is 18.4 Å². The molecule has 94 valence electrons. The molecule has 4 nitrogen and oxygen atoms in total. The van der Waals surface area contributed by atoms with Crippen LogP contribution >= 0.6 is 0 Å². The van der Waals surface area contributed by atoms with E-state index in [9.17, 15) is 4.79 Å². The van der Waals surface area contributed by atoms with Gasteiger partial charge >= 0.3 is 0 Å². The molecule has 2 heterocycles. The highest BCUT2D eigenvalue weighted by molar-refractivity contribution is 5.76. The molecule has 0 saturated carbocycles. The van der Waals surface area contributed by atoms with E-state index in [4.69, 9.17) is 0 Å². The number of amides is 1. The van der Waals surface area contributed by atoms with Crippen LogP contribution in [0.3, 0.4) is 0 Å². The van der Waals surface area contributed by atoms with Gasteiger partial charge in [0.2, 0.25) is 5.91 Å². The van der Waals surface area contributed by atoms with Gasteiger partial charge in [-0.25, -0.2) is 0 Å². The Bertz CT molecular complexity index is 413. The first kappa shape index (κ1) is 12.2. The topological polar surface area (TPSA) is 46.1 Å². The molecule has 0 spiro atoms. The molecule has 0 bridgehead atoms. The van der Waals surface area contributed by atoms with E-state index in [1.807, 2.05) is 0 Å². The zero-order valence-corrected chi connectivity index (χ0v) is 10.8. The van der Waals surface area contributed by atoms with E-state index in [0.29, 0.717) is 12.5 Å². The van der Waals surface area contributed by atoms with Gasteiger partial charge in [0.1, 0.15) is 0 Å². The van der Waals surface area contributed by atoms with Crippen molar-refractivity contribution in [2.75, 3.05) is 6.54 Å². The third-order valence-electron chi connectivity index (χ3n) is 3.73. The van der Waals surface area contributed by atoms with E-state index in [1.54, 1.807) is 0 Å². The van der Waals surface area contributed by atoms with Gasteiger partial charge in [-0.2, -0.15) is 0 Å². The van der Waals surface area contributed by atoms with Crippen LogP contribution in [0.15, 0.2) is 6.07 Å². The van der Waals surface area contributed by atoms with Crippen LogP contribution in [0, 0.1) is 13.8 Å². The summed E-state index contributed by atoms with van der Waals surface area (Å²) in [4.78, 5) is 11.0. The molecule has 1 amide bonds. The van der Waals surface area contributed by atoms with Crippen LogP contribution in [0.5, 0.6) is 0 Å². The third kappa shape index (κ3) is 2.69. The van der Waals surface area contributed by atoms with E-state index in [2.05, 4.69) is 42.2 Å². The van der Waals surface area contributed by atoms with Gasteiger partial charge in [0.05, 0.1) is 0 Å². The Labute approximate surface area is 102 Å². The van der Waals surface area contributed by atoms with Crippen LogP contribution in [0.25, 0.3) is 0 Å². The zero-order valence-electron chi connectivity index (χ0n) is 10.8. The van der Waals surface area contributed by atoms with E-state index < -0.39 is 0 Å². The summed E-state index contributed by atoms with van der Waals surface area (Å²) in [7, 11) is 2.09. The number of aryl methyl sites for hydroxylation is 1. The Morgan fingerprint density at radius 1 is 1.53 bits per heavy atom. The minimum absolute atomic E-state index is 0.176. The summed E-state index contributed by atoms with van der Waals surface area (Å²) < 4.78 is 2.21. The second-order valence-corrected chi connectivity index (χ2v) is 4.88. The smallest absolute Gasteiger partial charge is 0.220 e. The first-order valence-corrected chi connectivity index (χ1v) is 6.20. The van der Waals surface area contributed by atoms with Crippen molar-refractivity contribution in [3.05, 3.63) is 23.0 Å². The van der Waals surface area contributed by atoms with Gasteiger partial charge < -0.3 is 15.2 Å². The number of rotatable bonds is 3. The van der Waals surface area contributed by atoms with E-state index in [1.165, 1.54) is 17.0 Å². The van der Waals surface area contributed by atoms with Gasteiger partial charge in [0.25, 0.3) is 0 Å². The summed E-state index contributed by atoms with van der Waals surface area (Å²) in [5.41, 5.74) is 3.95. The SMILES string of the molecule is Cc1cc(CNC2CCC(=O)NC2)c(C)n1C. The molecule has 2 rings (SSSR count). The van der Waals surface area contributed by atoms with Crippen LogP contribution in [-0.4, -0.2) is 23.1 Å². The Morgan fingerprint density at radius 2 is 2.29 bits per heavy atom. The normalized spacial score (nSPS) is 20.4. The van der Waals surface area contributed by atoms with Crippen molar-refractivity contribution in [1.82, 2.24) is 15.2 Å². The van der Waals surface area contributed by atoms with Crippen LogP contribution in [0.2, 0.25) is 0 Å². The number of nitrogens with one attached hydrogen (secondary N) is 2. The lowest BCUT2D eigenvalue weighted by atomic mass is 10.1. The number of hydrogen-bond acceptors (Lipinski definition) is 2. The minimum atomic E-state index is 0.176. The van der Waals surface area contributed by atoms with E-state index in [-0.39, 0.29) is 5.91 Å². The van der Waals surface area contributed by atoms with Crippen molar-refractivity contribution in [2.45, 2.75) is 39.3 Å². The van der Waals surface area contributed by atoms with Crippen LogP contribution < -0.4 is 10.6 Å². The number of nitrogens with zero attached hydrogens (tertiary/aromatic N) is 1. The number of carbonyl (C=O) groups excluding carboxylic acids is 1. The molecule has 1 atom stereocenters. The Balaban J connectivity index is 1.89. The molecule has 2 N–H and O–H groups in total. The van der Waals surface area contributed by atoms with Crippen LogP contribution in [0.1, 0.15) is 29.8 Å². The van der Waals surface area contributed by atoms with Gasteiger partial charge in [-0.3, -0.25) is 4.79 Å². The average molecular weight is 235 g/mol. The Morgan fingerprint density at radius 3 is 2.82 bits per heavy atom. The first-order valence-electron chi connectivity index (χ1n) is 6.20. The fourth-order valence-corrected chi connectivity index (χ4v) is 2.27. The molecule has 4 heteroatoms. The predicted octanol–water partition coefficient (Wildman–Crippen LogP) is 1.01. The highest BCUT2D eigenvalue weighted by atomic mass is 16.1.